The van der Waals surface area contributed by atoms with Gasteiger partial charge in [0, 0.05) is 6.54 Å². The van der Waals surface area contributed by atoms with E-state index in [0.29, 0.717) is 17.2 Å². The maximum absolute atomic E-state index is 12.6. The van der Waals surface area contributed by atoms with Crippen molar-refractivity contribution in [1.29, 1.82) is 0 Å². The average Bonchev–Trinajstić information content (AvgIpc) is 2.53. The van der Waals surface area contributed by atoms with Gasteiger partial charge in [-0.3, -0.25) is 4.79 Å². The Morgan fingerprint density at radius 3 is 2.16 bits per heavy atom. The number of ether oxygens (including phenoxy) is 2. The van der Waals surface area contributed by atoms with Crippen molar-refractivity contribution in [2.75, 3.05) is 20.2 Å². The number of carbonyl (C=O) groups is 1. The number of benzene rings is 1. The summed E-state index contributed by atoms with van der Waals surface area (Å²) in [6.45, 7) is 13.5. The molecule has 1 aromatic carbocycles. The van der Waals surface area contributed by atoms with Gasteiger partial charge in [-0.05, 0) is 45.0 Å². The highest BCUT2D eigenvalue weighted by atomic mass is 32.2. The quantitative estimate of drug-likeness (QED) is 0.539. The standard InChI is InChI=1S/C16H23NO4S.C3H8/c1-6-11-17(12-15(18)21-16(2,3)4)22(19)14-9-7-13(20-5)8-10-14;1-3-2/h6-10H,1,11-12H2,2-5H3;3H2,1-2H3. The Hall–Kier alpha value is -1.66. The van der Waals surface area contributed by atoms with Gasteiger partial charge < -0.3 is 9.47 Å². The number of nitrogens with zero attached hydrogens (tertiary/aromatic N) is 1. The molecule has 0 fully saturated rings. The Kier molecular flexibility index (Phi) is 11.0. The lowest BCUT2D eigenvalue weighted by molar-refractivity contribution is -0.154. The highest BCUT2D eigenvalue weighted by Gasteiger charge is 2.22. The minimum Gasteiger partial charge on any atom is -0.497 e. The van der Waals surface area contributed by atoms with E-state index in [0.717, 1.165) is 0 Å². The lowest BCUT2D eigenvalue weighted by atomic mass is 10.2. The molecule has 0 saturated carbocycles. The Balaban J connectivity index is 0.00000178. The van der Waals surface area contributed by atoms with Gasteiger partial charge in [0.1, 0.15) is 28.9 Å². The first-order valence-electron chi connectivity index (χ1n) is 8.32. The summed E-state index contributed by atoms with van der Waals surface area (Å²) in [7, 11) is 0.0933. The largest absolute Gasteiger partial charge is 0.497 e. The van der Waals surface area contributed by atoms with Gasteiger partial charge in [0.2, 0.25) is 0 Å². The smallest absolute Gasteiger partial charge is 0.321 e. The number of carbonyl (C=O) groups excluding carboxylic acids is 1. The number of hydrogen-bond acceptors (Lipinski definition) is 4. The van der Waals surface area contributed by atoms with E-state index in [1.807, 2.05) is 0 Å². The van der Waals surface area contributed by atoms with Crippen LogP contribution < -0.4 is 4.74 Å². The first kappa shape index (κ1) is 23.3. The third-order valence-electron chi connectivity index (χ3n) is 2.55. The highest BCUT2D eigenvalue weighted by Crippen LogP contribution is 2.17. The summed E-state index contributed by atoms with van der Waals surface area (Å²) in [6.07, 6.45) is 2.85. The van der Waals surface area contributed by atoms with Crippen molar-refractivity contribution >= 4 is 17.0 Å². The zero-order valence-electron chi connectivity index (χ0n) is 16.2. The zero-order chi connectivity index (χ0) is 19.5. The minimum atomic E-state index is -1.47. The van der Waals surface area contributed by atoms with Crippen molar-refractivity contribution in [3.05, 3.63) is 36.9 Å². The molecule has 1 unspecified atom stereocenters. The Bertz CT molecular complexity index is 550. The molecule has 0 heterocycles. The molecule has 142 valence electrons. The molecule has 1 rings (SSSR count). The van der Waals surface area contributed by atoms with E-state index in [4.69, 9.17) is 9.47 Å². The molecule has 0 radical (unpaired) electrons. The molecule has 0 aromatic heterocycles. The predicted molar refractivity (Wildman–Crippen MR) is 103 cm³/mol. The minimum absolute atomic E-state index is 0.0675. The van der Waals surface area contributed by atoms with E-state index in [9.17, 15) is 9.00 Å². The topological polar surface area (TPSA) is 55.8 Å². The molecule has 0 aliphatic heterocycles. The molecule has 1 aromatic rings. The number of rotatable bonds is 7. The van der Waals surface area contributed by atoms with E-state index >= 15 is 0 Å². The maximum atomic E-state index is 12.6. The van der Waals surface area contributed by atoms with Gasteiger partial charge in [-0.1, -0.05) is 26.3 Å². The van der Waals surface area contributed by atoms with Crippen LogP contribution in [0.15, 0.2) is 41.8 Å². The van der Waals surface area contributed by atoms with Crippen LogP contribution in [0.3, 0.4) is 0 Å². The van der Waals surface area contributed by atoms with Crippen LogP contribution in [0, 0.1) is 0 Å². The van der Waals surface area contributed by atoms with Crippen LogP contribution in [0.25, 0.3) is 0 Å². The van der Waals surface area contributed by atoms with Gasteiger partial charge in [-0.2, -0.15) is 0 Å². The van der Waals surface area contributed by atoms with Crippen molar-refractivity contribution in [2.24, 2.45) is 0 Å². The highest BCUT2D eigenvalue weighted by molar-refractivity contribution is 7.82. The van der Waals surface area contributed by atoms with Gasteiger partial charge in [-0.15, -0.1) is 6.58 Å². The maximum Gasteiger partial charge on any atom is 0.321 e. The molecular weight excluding hydrogens is 338 g/mol. The number of esters is 1. The SMILES string of the molecule is C=CCN(CC(=O)OC(C)(C)C)S(=O)c1ccc(OC)cc1.CCC. The molecule has 5 nitrogen and oxygen atoms in total. The van der Waals surface area contributed by atoms with Crippen molar-refractivity contribution in [2.45, 2.75) is 51.5 Å². The molecule has 25 heavy (non-hydrogen) atoms. The summed E-state index contributed by atoms with van der Waals surface area (Å²) in [5.74, 6) is 0.263. The molecule has 0 bridgehead atoms. The van der Waals surface area contributed by atoms with Crippen LogP contribution in [0.4, 0.5) is 0 Å². The lowest BCUT2D eigenvalue weighted by Crippen LogP contribution is -2.36. The second-order valence-electron chi connectivity index (χ2n) is 6.33. The molecule has 0 saturated heterocycles. The van der Waals surface area contributed by atoms with Crippen molar-refractivity contribution < 1.29 is 18.5 Å². The van der Waals surface area contributed by atoms with Crippen LogP contribution in [0.5, 0.6) is 5.75 Å². The predicted octanol–water partition coefficient (Wildman–Crippen LogP) is 3.96. The summed E-state index contributed by atoms with van der Waals surface area (Å²) >= 11 is 0. The third kappa shape index (κ3) is 10.0. The van der Waals surface area contributed by atoms with E-state index < -0.39 is 22.6 Å². The second kappa shape index (κ2) is 11.8. The first-order valence-corrected chi connectivity index (χ1v) is 9.42. The molecular formula is C19H31NO4S. The van der Waals surface area contributed by atoms with Gasteiger partial charge in [0.15, 0.2) is 0 Å². The molecule has 0 spiro atoms. The van der Waals surface area contributed by atoms with Gasteiger partial charge in [0.25, 0.3) is 0 Å². The van der Waals surface area contributed by atoms with E-state index in [2.05, 4.69) is 20.4 Å². The summed E-state index contributed by atoms with van der Waals surface area (Å²) < 4.78 is 24.4. The van der Waals surface area contributed by atoms with E-state index in [1.165, 1.54) is 10.7 Å². The summed E-state index contributed by atoms with van der Waals surface area (Å²) in [4.78, 5) is 12.5. The molecule has 1 atom stereocenters. The van der Waals surface area contributed by atoms with Crippen molar-refractivity contribution in [3.8, 4) is 5.75 Å². The average molecular weight is 370 g/mol. The summed E-state index contributed by atoms with van der Waals surface area (Å²) in [5, 5.41) is 0. The Morgan fingerprint density at radius 1 is 1.24 bits per heavy atom. The first-order chi connectivity index (χ1) is 11.7. The third-order valence-corrected chi connectivity index (χ3v) is 3.98. The lowest BCUT2D eigenvalue weighted by Gasteiger charge is -2.23. The fourth-order valence-corrected chi connectivity index (χ4v) is 2.82. The van der Waals surface area contributed by atoms with Crippen LogP contribution >= 0.6 is 0 Å². The van der Waals surface area contributed by atoms with E-state index in [1.54, 1.807) is 58.2 Å². The van der Waals surface area contributed by atoms with Crippen molar-refractivity contribution in [3.63, 3.8) is 0 Å². The van der Waals surface area contributed by atoms with Crippen LogP contribution in [0.2, 0.25) is 0 Å². The molecule has 0 N–H and O–H groups in total. The summed E-state index contributed by atoms with van der Waals surface area (Å²) in [5.41, 5.74) is -0.571. The fraction of sp³-hybridized carbons (Fsp3) is 0.526. The van der Waals surface area contributed by atoms with Crippen LogP contribution in [-0.4, -0.2) is 40.3 Å². The number of hydrogen-bond donors (Lipinski definition) is 0. The van der Waals surface area contributed by atoms with Gasteiger partial charge in [-0.25, -0.2) is 8.51 Å². The van der Waals surface area contributed by atoms with Gasteiger partial charge in [0.05, 0.1) is 12.0 Å². The fourth-order valence-electron chi connectivity index (χ4n) is 1.69. The van der Waals surface area contributed by atoms with Crippen LogP contribution in [0.1, 0.15) is 41.0 Å². The second-order valence-corrected chi connectivity index (χ2v) is 7.82. The molecule has 0 aliphatic carbocycles. The molecule has 0 aliphatic rings. The van der Waals surface area contributed by atoms with E-state index in [-0.39, 0.29) is 6.54 Å². The summed E-state index contributed by atoms with van der Waals surface area (Å²) in [6, 6.07) is 6.87. The monoisotopic (exact) mass is 369 g/mol. The Labute approximate surface area is 154 Å². The molecule has 6 heteroatoms. The van der Waals surface area contributed by atoms with Crippen LogP contribution in [-0.2, 0) is 20.5 Å². The Morgan fingerprint density at radius 2 is 1.76 bits per heavy atom. The van der Waals surface area contributed by atoms with Crippen molar-refractivity contribution in [1.82, 2.24) is 4.31 Å². The molecule has 0 amide bonds. The zero-order valence-corrected chi connectivity index (χ0v) is 17.0. The normalized spacial score (nSPS) is 12.0. The number of methoxy groups -OCH3 is 1. The van der Waals surface area contributed by atoms with Gasteiger partial charge >= 0.3 is 5.97 Å².